The minimum atomic E-state index is -1.06. The number of ether oxygens (including phenoxy) is 2. The fourth-order valence-electron chi connectivity index (χ4n) is 2.70. The number of ketones is 1. The van der Waals surface area contributed by atoms with Gasteiger partial charge in [0.1, 0.15) is 11.4 Å². The molecule has 0 aliphatic heterocycles. The lowest BCUT2D eigenvalue weighted by Crippen LogP contribution is -2.27. The lowest BCUT2D eigenvalue weighted by atomic mass is 10.1. The highest BCUT2D eigenvalue weighted by Gasteiger charge is 2.26. The Hall–Kier alpha value is -2.48. The predicted octanol–water partition coefficient (Wildman–Crippen LogP) is 2.23. The van der Waals surface area contributed by atoms with Gasteiger partial charge in [-0.25, -0.2) is 4.79 Å². The molecule has 0 aliphatic rings. The van der Waals surface area contributed by atoms with Crippen molar-refractivity contribution in [2.24, 2.45) is 5.73 Å². The van der Waals surface area contributed by atoms with E-state index >= 15 is 0 Å². The zero-order valence-electron chi connectivity index (χ0n) is 15.2. The molecule has 0 radical (unpaired) electrons. The number of primary amides is 1. The molecule has 8 heteroatoms. The number of benzene rings is 1. The highest BCUT2D eigenvalue weighted by molar-refractivity contribution is 7.79. The number of aromatic nitrogens is 1. The number of nitrogens with two attached hydrogens (primary N) is 1. The molecule has 7 nitrogen and oxygen atoms in total. The van der Waals surface area contributed by atoms with Crippen LogP contribution in [0.4, 0.5) is 0 Å². The standard InChI is InChI=1S/C18H22N2O5S/c1-10-14(16(22)17(19)23)15-11(20(10)9-26)6-5-7-12(15)24-8-13(21)25-18(2,3)4/h5-7,26H,8-9H2,1-4H3,(H2,19,23). The van der Waals surface area contributed by atoms with Crippen LogP contribution in [0.25, 0.3) is 10.9 Å². The van der Waals surface area contributed by atoms with Gasteiger partial charge in [-0.15, -0.1) is 0 Å². The molecular formula is C18H22N2O5S. The van der Waals surface area contributed by atoms with Crippen LogP contribution in [-0.2, 0) is 20.2 Å². The number of fused-ring (bicyclic) bond motifs is 1. The van der Waals surface area contributed by atoms with E-state index in [-0.39, 0.29) is 12.2 Å². The first-order chi connectivity index (χ1) is 12.1. The lowest BCUT2D eigenvalue weighted by molar-refractivity contribution is -0.157. The van der Waals surface area contributed by atoms with Crippen LogP contribution in [0, 0.1) is 6.92 Å². The third-order valence-corrected chi connectivity index (χ3v) is 3.95. The molecule has 0 aliphatic carbocycles. The highest BCUT2D eigenvalue weighted by atomic mass is 32.1. The van der Waals surface area contributed by atoms with Gasteiger partial charge in [0.2, 0.25) is 0 Å². The van der Waals surface area contributed by atoms with Gasteiger partial charge in [0, 0.05) is 5.69 Å². The molecule has 0 fully saturated rings. The van der Waals surface area contributed by atoms with Crippen LogP contribution in [0.2, 0.25) is 0 Å². The van der Waals surface area contributed by atoms with Crippen molar-refractivity contribution in [1.82, 2.24) is 4.57 Å². The molecule has 1 heterocycles. The van der Waals surface area contributed by atoms with E-state index < -0.39 is 23.3 Å². The number of thiol groups is 1. The molecule has 0 saturated heterocycles. The van der Waals surface area contributed by atoms with Crippen molar-refractivity contribution >= 4 is 41.2 Å². The maximum absolute atomic E-state index is 12.3. The Morgan fingerprint density at radius 2 is 1.88 bits per heavy atom. The predicted molar refractivity (Wildman–Crippen MR) is 101 cm³/mol. The fraction of sp³-hybridized carbons (Fsp3) is 0.389. The molecule has 2 rings (SSSR count). The van der Waals surface area contributed by atoms with E-state index in [2.05, 4.69) is 12.6 Å². The summed E-state index contributed by atoms with van der Waals surface area (Å²) in [4.78, 5) is 35.7. The molecule has 1 amide bonds. The van der Waals surface area contributed by atoms with Crippen LogP contribution in [0.5, 0.6) is 5.75 Å². The van der Waals surface area contributed by atoms with Gasteiger partial charge in [0.05, 0.1) is 22.3 Å². The van der Waals surface area contributed by atoms with E-state index in [1.54, 1.807) is 50.5 Å². The van der Waals surface area contributed by atoms with E-state index in [0.29, 0.717) is 28.2 Å². The molecule has 1 aromatic heterocycles. The number of esters is 1. The minimum Gasteiger partial charge on any atom is -0.481 e. The summed E-state index contributed by atoms with van der Waals surface area (Å²) >= 11 is 4.28. The third kappa shape index (κ3) is 4.01. The topological polar surface area (TPSA) is 101 Å². The second-order valence-electron chi connectivity index (χ2n) is 6.75. The van der Waals surface area contributed by atoms with Crippen molar-refractivity contribution in [1.29, 1.82) is 0 Å². The van der Waals surface area contributed by atoms with Crippen molar-refractivity contribution in [2.45, 2.75) is 39.2 Å². The maximum Gasteiger partial charge on any atom is 0.344 e. The quantitative estimate of drug-likeness (QED) is 0.347. The lowest BCUT2D eigenvalue weighted by Gasteiger charge is -2.19. The molecule has 2 N–H and O–H groups in total. The Balaban J connectivity index is 2.49. The smallest absolute Gasteiger partial charge is 0.344 e. The summed E-state index contributed by atoms with van der Waals surface area (Å²) in [6.07, 6.45) is 0. The number of amides is 1. The van der Waals surface area contributed by atoms with Crippen LogP contribution in [0.15, 0.2) is 18.2 Å². The molecule has 1 aromatic carbocycles. The number of rotatable bonds is 6. The van der Waals surface area contributed by atoms with Gasteiger partial charge in [-0.05, 0) is 39.8 Å². The fourth-order valence-corrected chi connectivity index (χ4v) is 3.07. The summed E-state index contributed by atoms with van der Waals surface area (Å²) in [6, 6.07) is 5.12. The monoisotopic (exact) mass is 378 g/mol. The average molecular weight is 378 g/mol. The van der Waals surface area contributed by atoms with Gasteiger partial charge >= 0.3 is 5.97 Å². The van der Waals surface area contributed by atoms with Crippen LogP contribution in [0.3, 0.4) is 0 Å². The van der Waals surface area contributed by atoms with Crippen LogP contribution in [0.1, 0.15) is 36.8 Å². The molecule has 0 unspecified atom stereocenters. The van der Waals surface area contributed by atoms with Crippen LogP contribution >= 0.6 is 12.6 Å². The normalized spacial score (nSPS) is 11.4. The second kappa shape index (κ2) is 7.41. The van der Waals surface area contributed by atoms with Crippen LogP contribution < -0.4 is 10.5 Å². The van der Waals surface area contributed by atoms with Gasteiger partial charge in [-0.1, -0.05) is 6.07 Å². The summed E-state index contributed by atoms with van der Waals surface area (Å²) in [5.74, 6) is -1.83. The molecule has 0 bridgehead atoms. The zero-order valence-corrected chi connectivity index (χ0v) is 16.1. The van der Waals surface area contributed by atoms with Gasteiger partial charge in [-0.3, -0.25) is 9.59 Å². The van der Waals surface area contributed by atoms with E-state index in [1.807, 2.05) is 0 Å². The van der Waals surface area contributed by atoms with Gasteiger partial charge < -0.3 is 19.8 Å². The Bertz CT molecular complexity index is 880. The van der Waals surface area contributed by atoms with Crippen molar-refractivity contribution in [3.63, 3.8) is 0 Å². The Morgan fingerprint density at radius 3 is 2.42 bits per heavy atom. The van der Waals surface area contributed by atoms with Crippen LogP contribution in [-0.4, -0.2) is 34.4 Å². The summed E-state index contributed by atoms with van der Waals surface area (Å²) < 4.78 is 12.6. The Labute approximate surface area is 156 Å². The van der Waals surface area contributed by atoms with Crippen molar-refractivity contribution in [3.8, 4) is 5.75 Å². The number of nitrogens with zero attached hydrogens (tertiary/aromatic N) is 1. The molecule has 0 atom stereocenters. The molecule has 0 spiro atoms. The number of carbonyl (C=O) groups is 3. The molecular weight excluding hydrogens is 356 g/mol. The van der Waals surface area contributed by atoms with E-state index in [4.69, 9.17) is 15.2 Å². The molecule has 26 heavy (non-hydrogen) atoms. The number of carbonyl (C=O) groups excluding carboxylic acids is 3. The summed E-state index contributed by atoms with van der Waals surface area (Å²) in [6.45, 7) is 6.64. The first kappa shape index (κ1) is 19.8. The first-order valence-electron chi connectivity index (χ1n) is 7.98. The van der Waals surface area contributed by atoms with Crippen molar-refractivity contribution in [2.75, 3.05) is 6.61 Å². The van der Waals surface area contributed by atoms with Crippen molar-refractivity contribution in [3.05, 3.63) is 29.5 Å². The van der Waals surface area contributed by atoms with E-state index in [9.17, 15) is 14.4 Å². The minimum absolute atomic E-state index is 0.154. The van der Waals surface area contributed by atoms with Gasteiger partial charge in [-0.2, -0.15) is 12.6 Å². The maximum atomic E-state index is 12.3. The van der Waals surface area contributed by atoms with Gasteiger partial charge in [0.15, 0.2) is 6.61 Å². The first-order valence-corrected chi connectivity index (χ1v) is 8.61. The molecule has 2 aromatic rings. The third-order valence-electron chi connectivity index (χ3n) is 3.67. The molecule has 140 valence electrons. The number of hydrogen-bond acceptors (Lipinski definition) is 6. The second-order valence-corrected chi connectivity index (χ2v) is 7.03. The summed E-state index contributed by atoms with van der Waals surface area (Å²) in [7, 11) is 0. The molecule has 0 saturated carbocycles. The number of hydrogen-bond donors (Lipinski definition) is 2. The highest BCUT2D eigenvalue weighted by Crippen LogP contribution is 2.34. The summed E-state index contributed by atoms with van der Waals surface area (Å²) in [5, 5.41) is 0.423. The average Bonchev–Trinajstić information content (AvgIpc) is 2.82. The van der Waals surface area contributed by atoms with Gasteiger partial charge in [0.25, 0.3) is 11.7 Å². The Morgan fingerprint density at radius 1 is 1.23 bits per heavy atom. The number of Topliss-reactive ketones (excluding diaryl/α,β-unsaturated/α-hetero) is 1. The zero-order chi connectivity index (χ0) is 19.6. The SMILES string of the molecule is Cc1c(C(=O)C(N)=O)c2c(OCC(=O)OC(C)(C)C)cccc2n1CS. The summed E-state index contributed by atoms with van der Waals surface area (Å²) in [5.41, 5.74) is 5.91. The van der Waals surface area contributed by atoms with E-state index in [1.165, 1.54) is 0 Å². The Kier molecular flexibility index (Phi) is 5.65. The van der Waals surface area contributed by atoms with E-state index in [0.717, 1.165) is 0 Å². The van der Waals surface area contributed by atoms with Crippen molar-refractivity contribution < 1.29 is 23.9 Å². The largest absolute Gasteiger partial charge is 0.481 e.